The van der Waals surface area contributed by atoms with Crippen molar-refractivity contribution in [1.82, 2.24) is 0 Å². The van der Waals surface area contributed by atoms with Crippen molar-refractivity contribution in [2.75, 3.05) is 0 Å². The van der Waals surface area contributed by atoms with E-state index in [0.29, 0.717) is 29.1 Å². The van der Waals surface area contributed by atoms with Crippen LogP contribution in [-0.2, 0) is 4.74 Å². The van der Waals surface area contributed by atoms with Gasteiger partial charge >= 0.3 is 6.16 Å². The molecule has 1 aromatic carbocycles. The lowest BCUT2D eigenvalue weighted by atomic mass is 9.47. The number of carbonyl (C=O) groups is 1. The molecule has 5 rings (SSSR count). The van der Waals surface area contributed by atoms with Crippen molar-refractivity contribution >= 4 is 11.8 Å². The summed E-state index contributed by atoms with van der Waals surface area (Å²) in [5.41, 5.74) is 2.03. The van der Waals surface area contributed by atoms with E-state index in [4.69, 9.17) is 9.47 Å². The topological polar surface area (TPSA) is 78.7 Å². The van der Waals surface area contributed by atoms with E-state index < -0.39 is 11.1 Å². The first-order valence-corrected chi connectivity index (χ1v) is 16.5. The maximum atomic E-state index is 12.5. The monoisotopic (exact) mass is 577 g/mol. The summed E-state index contributed by atoms with van der Waals surface area (Å²) in [6.07, 6.45) is 17.0. The summed E-state index contributed by atoms with van der Waals surface area (Å²) in [6, 6.07) is 5.50. The van der Waals surface area contributed by atoms with Gasteiger partial charge in [-0.15, -0.1) is 0 Å². The zero-order valence-electron chi connectivity index (χ0n) is 26.5. The summed E-state index contributed by atoms with van der Waals surface area (Å²) in [5.74, 6) is 5.29. The van der Waals surface area contributed by atoms with Gasteiger partial charge in [0.1, 0.15) is 11.9 Å². The zero-order chi connectivity index (χ0) is 30.2. The molecule has 0 radical (unpaired) electrons. The first kappa shape index (κ1) is 30.8. The molecular formula is C36H51NO5. The van der Waals surface area contributed by atoms with Gasteiger partial charge in [-0.1, -0.05) is 65.3 Å². The lowest BCUT2D eigenvalue weighted by Gasteiger charge is -2.58. The van der Waals surface area contributed by atoms with Crippen molar-refractivity contribution in [3.8, 4) is 5.75 Å². The van der Waals surface area contributed by atoms with Crippen LogP contribution < -0.4 is 4.74 Å². The minimum Gasteiger partial charge on any atom is -0.430 e. The van der Waals surface area contributed by atoms with Gasteiger partial charge in [0.05, 0.1) is 4.92 Å². The van der Waals surface area contributed by atoms with E-state index in [0.717, 1.165) is 43.4 Å². The molecular weight excluding hydrogens is 526 g/mol. The van der Waals surface area contributed by atoms with Gasteiger partial charge in [-0.3, -0.25) is 10.1 Å². The van der Waals surface area contributed by atoms with Crippen LogP contribution >= 0.6 is 0 Å². The normalized spacial score (nSPS) is 35.5. The van der Waals surface area contributed by atoms with Crippen LogP contribution in [0.3, 0.4) is 0 Å². The van der Waals surface area contributed by atoms with Crippen LogP contribution in [0.15, 0.2) is 48.1 Å². The minimum atomic E-state index is -0.737. The van der Waals surface area contributed by atoms with Gasteiger partial charge in [-0.25, -0.2) is 4.79 Å². The molecule has 6 heteroatoms. The van der Waals surface area contributed by atoms with E-state index in [9.17, 15) is 14.9 Å². The maximum absolute atomic E-state index is 12.5. The number of nitro groups is 1. The van der Waals surface area contributed by atoms with Crippen LogP contribution in [0.5, 0.6) is 5.75 Å². The number of ether oxygens (including phenoxy) is 2. The van der Waals surface area contributed by atoms with Crippen molar-refractivity contribution in [2.24, 2.45) is 52.3 Å². The minimum absolute atomic E-state index is 0.0425. The Bertz CT molecular complexity index is 1200. The maximum Gasteiger partial charge on any atom is 0.514 e. The predicted molar refractivity (Wildman–Crippen MR) is 166 cm³/mol. The molecule has 0 spiro atoms. The first-order chi connectivity index (χ1) is 20.0. The molecule has 0 aliphatic heterocycles. The molecule has 4 aliphatic rings. The molecule has 0 aromatic heterocycles. The van der Waals surface area contributed by atoms with Gasteiger partial charge in [0.15, 0.2) is 0 Å². The molecule has 42 heavy (non-hydrogen) atoms. The molecule has 1 aromatic rings. The van der Waals surface area contributed by atoms with Crippen LogP contribution in [0.25, 0.3) is 0 Å². The Morgan fingerprint density at radius 2 is 1.79 bits per heavy atom. The predicted octanol–water partition coefficient (Wildman–Crippen LogP) is 9.93. The molecule has 6 nitrogen and oxygen atoms in total. The highest BCUT2D eigenvalue weighted by Gasteiger charge is 2.59. The Balaban J connectivity index is 1.22. The van der Waals surface area contributed by atoms with Crippen molar-refractivity contribution in [3.05, 3.63) is 58.2 Å². The molecule has 0 unspecified atom stereocenters. The Morgan fingerprint density at radius 3 is 2.45 bits per heavy atom. The van der Waals surface area contributed by atoms with Crippen molar-refractivity contribution < 1.29 is 19.2 Å². The number of fused-ring (bicyclic) bond motifs is 5. The average Bonchev–Trinajstić information content (AvgIpc) is 3.31. The number of hydrogen-bond donors (Lipinski definition) is 0. The van der Waals surface area contributed by atoms with Gasteiger partial charge in [0.2, 0.25) is 0 Å². The molecule has 230 valence electrons. The highest BCUT2D eigenvalue weighted by atomic mass is 16.7. The molecule has 3 saturated carbocycles. The molecule has 0 bridgehead atoms. The molecule has 0 saturated heterocycles. The fourth-order valence-electron chi connectivity index (χ4n) is 9.81. The van der Waals surface area contributed by atoms with Crippen molar-refractivity contribution in [1.29, 1.82) is 0 Å². The van der Waals surface area contributed by atoms with Gasteiger partial charge in [-0.05, 0) is 116 Å². The number of nitrogens with zero attached hydrogens (tertiary/aromatic N) is 1. The van der Waals surface area contributed by atoms with E-state index >= 15 is 0 Å². The van der Waals surface area contributed by atoms with Crippen molar-refractivity contribution in [2.45, 2.75) is 105 Å². The Morgan fingerprint density at radius 1 is 1.05 bits per heavy atom. The third-order valence-electron chi connectivity index (χ3n) is 12.3. The van der Waals surface area contributed by atoms with Crippen LogP contribution in [0.2, 0.25) is 0 Å². The van der Waals surface area contributed by atoms with Gasteiger partial charge in [-0.2, -0.15) is 0 Å². The second-order valence-electron chi connectivity index (χ2n) is 14.6. The number of allylic oxidation sites excluding steroid dienone is 3. The SMILES string of the molecule is CC[C@H](/C=C/[C@@H](C)[C@H]1CC[C@H]2[C@@H]3CC=C4C[C@@H](OC(=O)Oc5ccc([N+](=O)[O-])cc5)CC[C@]4(C)[C@H]3CC[C@]12C)C(C)C. The summed E-state index contributed by atoms with van der Waals surface area (Å²) in [7, 11) is 0. The van der Waals surface area contributed by atoms with Gasteiger partial charge in [0, 0.05) is 18.6 Å². The van der Waals surface area contributed by atoms with E-state index in [-0.39, 0.29) is 23.0 Å². The summed E-state index contributed by atoms with van der Waals surface area (Å²) >= 11 is 0. The molecule has 0 N–H and O–H groups in total. The Labute approximate surface area is 252 Å². The average molecular weight is 578 g/mol. The van der Waals surface area contributed by atoms with E-state index in [1.807, 2.05) is 0 Å². The lowest BCUT2D eigenvalue weighted by Crippen LogP contribution is -2.51. The molecule has 0 heterocycles. The first-order valence-electron chi connectivity index (χ1n) is 16.5. The molecule has 0 amide bonds. The zero-order valence-corrected chi connectivity index (χ0v) is 26.5. The molecule has 3 fully saturated rings. The van der Waals surface area contributed by atoms with E-state index in [1.54, 1.807) is 0 Å². The van der Waals surface area contributed by atoms with Crippen LogP contribution in [0, 0.1) is 62.4 Å². The smallest absolute Gasteiger partial charge is 0.430 e. The fraction of sp³-hybridized carbons (Fsp3) is 0.694. The molecule has 9 atom stereocenters. The third kappa shape index (κ3) is 5.79. The fourth-order valence-corrected chi connectivity index (χ4v) is 9.81. The summed E-state index contributed by atoms with van der Waals surface area (Å²) in [6.45, 7) is 14.6. The van der Waals surface area contributed by atoms with Gasteiger partial charge < -0.3 is 9.47 Å². The highest BCUT2D eigenvalue weighted by molar-refractivity contribution is 5.64. The number of rotatable bonds is 8. The molecule has 4 aliphatic carbocycles. The quantitative estimate of drug-likeness (QED) is 0.101. The van der Waals surface area contributed by atoms with Crippen LogP contribution in [0.4, 0.5) is 10.5 Å². The number of non-ortho nitro benzene ring substituents is 1. The van der Waals surface area contributed by atoms with E-state index in [2.05, 4.69) is 59.8 Å². The second-order valence-corrected chi connectivity index (χ2v) is 14.6. The second kappa shape index (κ2) is 12.2. The number of hydrogen-bond acceptors (Lipinski definition) is 5. The Kier molecular flexibility index (Phi) is 8.93. The van der Waals surface area contributed by atoms with Gasteiger partial charge in [0.25, 0.3) is 5.69 Å². The lowest BCUT2D eigenvalue weighted by molar-refractivity contribution is -0.384. The number of benzene rings is 1. The summed E-state index contributed by atoms with van der Waals surface area (Å²) in [5, 5.41) is 10.9. The summed E-state index contributed by atoms with van der Waals surface area (Å²) in [4.78, 5) is 22.9. The standard InChI is InChI=1S/C36H51NO5/c1-7-25(23(2)3)9-8-24(4)31-16-17-32-30-15-10-26-22-29(18-20-35(26,5)33(30)19-21-36(31,32)6)42-34(38)41-28-13-11-27(12-14-28)37(39)40/h8-14,23-25,29-33H,7,15-22H2,1-6H3/b9-8+/t24-,25-,29+,30+,31-,32+,33+,35+,36-/m1/s1. The summed E-state index contributed by atoms with van der Waals surface area (Å²) < 4.78 is 11.1. The van der Waals surface area contributed by atoms with Crippen molar-refractivity contribution in [3.63, 3.8) is 0 Å². The highest BCUT2D eigenvalue weighted by Crippen LogP contribution is 2.67. The number of nitro benzene ring substituents is 1. The van der Waals surface area contributed by atoms with Crippen LogP contribution in [0.1, 0.15) is 99.3 Å². The largest absolute Gasteiger partial charge is 0.514 e. The van der Waals surface area contributed by atoms with Crippen LogP contribution in [-0.4, -0.2) is 17.2 Å². The van der Waals surface area contributed by atoms with E-state index in [1.165, 1.54) is 61.9 Å². The third-order valence-corrected chi connectivity index (χ3v) is 12.3. The number of carbonyl (C=O) groups excluding carboxylic acids is 1. The Hall–Kier alpha value is -2.63.